The standard InChI is InChI=1S/C19H17N5O4/c20-18(25)15-9-13(24(27)28)10-22(19(15)26)11-16-14-7-4-8-17(14)23(21-16)12-5-2-1-3-6-12/h1-3,5-6,9-10H,4,7-8,11H2,(H2,20,25). The summed E-state index contributed by atoms with van der Waals surface area (Å²) in [4.78, 5) is 34.6. The maximum absolute atomic E-state index is 12.6. The average Bonchev–Trinajstić information content (AvgIpc) is 3.27. The smallest absolute Gasteiger partial charge is 0.286 e. The molecule has 2 heterocycles. The Hall–Kier alpha value is -3.75. The van der Waals surface area contributed by atoms with Gasteiger partial charge in [0.1, 0.15) is 5.56 Å². The molecule has 1 aromatic carbocycles. The van der Waals surface area contributed by atoms with E-state index >= 15 is 0 Å². The Balaban J connectivity index is 1.82. The molecule has 3 aromatic rings. The van der Waals surface area contributed by atoms with Gasteiger partial charge in [-0.2, -0.15) is 5.10 Å². The number of rotatable bonds is 5. The van der Waals surface area contributed by atoms with Crippen molar-refractivity contribution in [2.75, 3.05) is 0 Å². The monoisotopic (exact) mass is 379 g/mol. The summed E-state index contributed by atoms with van der Waals surface area (Å²) >= 11 is 0. The predicted octanol–water partition coefficient (Wildman–Crippen LogP) is 1.58. The number of nitrogens with two attached hydrogens (primary N) is 1. The number of nitro groups is 1. The van der Waals surface area contributed by atoms with Crippen molar-refractivity contribution in [1.82, 2.24) is 14.3 Å². The second-order valence-electron chi connectivity index (χ2n) is 6.64. The summed E-state index contributed by atoms with van der Waals surface area (Å²) in [7, 11) is 0. The third kappa shape index (κ3) is 2.96. The molecule has 9 heteroatoms. The number of hydrogen-bond donors (Lipinski definition) is 1. The second kappa shape index (κ2) is 6.76. The molecule has 0 saturated heterocycles. The topological polar surface area (TPSA) is 126 Å². The van der Waals surface area contributed by atoms with Gasteiger partial charge in [-0.15, -0.1) is 0 Å². The fourth-order valence-corrected chi connectivity index (χ4v) is 3.60. The Morgan fingerprint density at radius 1 is 1.25 bits per heavy atom. The minimum Gasteiger partial charge on any atom is -0.365 e. The van der Waals surface area contributed by atoms with Crippen LogP contribution in [0, 0.1) is 10.1 Å². The summed E-state index contributed by atoms with van der Waals surface area (Å²) in [6.07, 6.45) is 3.79. The number of hydrogen-bond acceptors (Lipinski definition) is 5. The number of fused-ring (bicyclic) bond motifs is 1. The van der Waals surface area contributed by atoms with Crippen LogP contribution in [-0.4, -0.2) is 25.2 Å². The van der Waals surface area contributed by atoms with E-state index in [1.807, 2.05) is 35.0 Å². The van der Waals surface area contributed by atoms with Crippen LogP contribution in [0.25, 0.3) is 5.69 Å². The zero-order valence-corrected chi connectivity index (χ0v) is 14.9. The molecule has 0 saturated carbocycles. The van der Waals surface area contributed by atoms with Crippen molar-refractivity contribution in [2.24, 2.45) is 5.73 Å². The molecule has 9 nitrogen and oxygen atoms in total. The van der Waals surface area contributed by atoms with E-state index in [0.717, 1.165) is 53.0 Å². The summed E-state index contributed by atoms with van der Waals surface area (Å²) in [5.74, 6) is -0.998. The largest absolute Gasteiger partial charge is 0.365 e. The highest BCUT2D eigenvalue weighted by atomic mass is 16.6. The van der Waals surface area contributed by atoms with Gasteiger partial charge in [0.2, 0.25) is 0 Å². The summed E-state index contributed by atoms with van der Waals surface area (Å²) in [6.45, 7) is 0.0307. The number of pyridine rings is 1. The Kier molecular flexibility index (Phi) is 4.26. The van der Waals surface area contributed by atoms with E-state index in [9.17, 15) is 19.7 Å². The van der Waals surface area contributed by atoms with Crippen LogP contribution in [0.5, 0.6) is 0 Å². The summed E-state index contributed by atoms with van der Waals surface area (Å²) < 4.78 is 2.99. The SMILES string of the molecule is NC(=O)c1cc([N+](=O)[O-])cn(Cc2nn(-c3ccccc3)c3c2CCC3)c1=O. The zero-order valence-electron chi connectivity index (χ0n) is 14.9. The number of carbonyl (C=O) groups is 1. The maximum atomic E-state index is 12.6. The molecule has 0 fully saturated rings. The van der Waals surface area contributed by atoms with Crippen molar-refractivity contribution in [3.63, 3.8) is 0 Å². The van der Waals surface area contributed by atoms with Gasteiger partial charge in [0.05, 0.1) is 29.0 Å². The van der Waals surface area contributed by atoms with Crippen molar-refractivity contribution in [3.05, 3.63) is 85.6 Å². The van der Waals surface area contributed by atoms with Crippen LogP contribution in [0.3, 0.4) is 0 Å². The van der Waals surface area contributed by atoms with E-state index in [1.165, 1.54) is 0 Å². The Morgan fingerprint density at radius 3 is 2.68 bits per heavy atom. The van der Waals surface area contributed by atoms with Gasteiger partial charge in [0.15, 0.2) is 0 Å². The number of aromatic nitrogens is 3. The normalized spacial score (nSPS) is 12.7. The summed E-state index contributed by atoms with van der Waals surface area (Å²) in [5, 5.41) is 15.8. The van der Waals surface area contributed by atoms with Crippen LogP contribution in [0.4, 0.5) is 5.69 Å². The number of nitrogens with zero attached hydrogens (tertiary/aromatic N) is 4. The van der Waals surface area contributed by atoms with E-state index in [-0.39, 0.29) is 12.2 Å². The Bertz CT molecular complexity index is 1150. The Labute approximate surface area is 159 Å². The van der Waals surface area contributed by atoms with Gasteiger partial charge in [-0.1, -0.05) is 18.2 Å². The number of carbonyl (C=O) groups excluding carboxylic acids is 1. The molecular weight excluding hydrogens is 362 g/mol. The van der Waals surface area contributed by atoms with Crippen molar-refractivity contribution >= 4 is 11.6 Å². The molecule has 4 rings (SSSR count). The summed E-state index contributed by atoms with van der Waals surface area (Å²) in [6, 6.07) is 10.6. The lowest BCUT2D eigenvalue weighted by Gasteiger charge is -2.07. The highest BCUT2D eigenvalue weighted by Gasteiger charge is 2.25. The van der Waals surface area contributed by atoms with Gasteiger partial charge >= 0.3 is 0 Å². The molecule has 0 unspecified atom stereocenters. The first-order chi connectivity index (χ1) is 13.5. The number of para-hydroxylation sites is 1. The van der Waals surface area contributed by atoms with E-state index in [4.69, 9.17) is 5.73 Å². The molecule has 0 bridgehead atoms. The van der Waals surface area contributed by atoms with Gasteiger partial charge in [-0.3, -0.25) is 19.7 Å². The molecular formula is C19H17N5O4. The third-order valence-corrected chi connectivity index (χ3v) is 4.88. The molecule has 0 radical (unpaired) electrons. The maximum Gasteiger partial charge on any atom is 0.286 e. The van der Waals surface area contributed by atoms with Crippen LogP contribution in [0.2, 0.25) is 0 Å². The molecule has 28 heavy (non-hydrogen) atoms. The van der Waals surface area contributed by atoms with Crippen LogP contribution in [0.1, 0.15) is 33.7 Å². The molecule has 2 aromatic heterocycles. The molecule has 1 aliphatic carbocycles. The third-order valence-electron chi connectivity index (χ3n) is 4.88. The van der Waals surface area contributed by atoms with Gasteiger partial charge in [0, 0.05) is 11.8 Å². The van der Waals surface area contributed by atoms with Gasteiger partial charge in [-0.25, -0.2) is 4.68 Å². The van der Waals surface area contributed by atoms with E-state index in [2.05, 4.69) is 5.10 Å². The first-order valence-electron chi connectivity index (χ1n) is 8.79. The van der Waals surface area contributed by atoms with E-state index in [1.54, 1.807) is 0 Å². The average molecular weight is 379 g/mol. The molecule has 0 spiro atoms. The Morgan fingerprint density at radius 2 is 2.00 bits per heavy atom. The van der Waals surface area contributed by atoms with Crippen LogP contribution < -0.4 is 11.3 Å². The number of primary amides is 1. The lowest BCUT2D eigenvalue weighted by molar-refractivity contribution is -0.385. The first-order valence-corrected chi connectivity index (χ1v) is 8.79. The second-order valence-corrected chi connectivity index (χ2v) is 6.64. The van der Waals surface area contributed by atoms with E-state index < -0.39 is 22.0 Å². The first kappa shape index (κ1) is 17.7. The van der Waals surface area contributed by atoms with Crippen molar-refractivity contribution < 1.29 is 9.72 Å². The lowest BCUT2D eigenvalue weighted by atomic mass is 10.2. The molecule has 142 valence electrons. The van der Waals surface area contributed by atoms with Crippen LogP contribution in [-0.2, 0) is 19.4 Å². The zero-order chi connectivity index (χ0) is 19.8. The van der Waals surface area contributed by atoms with Crippen molar-refractivity contribution in [2.45, 2.75) is 25.8 Å². The van der Waals surface area contributed by atoms with Gasteiger partial charge < -0.3 is 10.3 Å². The van der Waals surface area contributed by atoms with Crippen molar-refractivity contribution in [1.29, 1.82) is 0 Å². The fourth-order valence-electron chi connectivity index (χ4n) is 3.60. The lowest BCUT2D eigenvalue weighted by Crippen LogP contribution is -2.30. The summed E-state index contributed by atoms with van der Waals surface area (Å²) in [5.41, 5.74) is 7.47. The number of benzene rings is 1. The quantitative estimate of drug-likeness (QED) is 0.532. The van der Waals surface area contributed by atoms with Gasteiger partial charge in [0.25, 0.3) is 17.2 Å². The molecule has 2 N–H and O–H groups in total. The minimum absolute atomic E-state index is 0.0307. The van der Waals surface area contributed by atoms with Crippen molar-refractivity contribution in [3.8, 4) is 5.69 Å². The molecule has 1 amide bonds. The van der Waals surface area contributed by atoms with Gasteiger partial charge in [-0.05, 0) is 37.0 Å². The van der Waals surface area contributed by atoms with Crippen LogP contribution in [0.15, 0.2) is 47.4 Å². The minimum atomic E-state index is -0.998. The fraction of sp³-hybridized carbons (Fsp3) is 0.211. The predicted molar refractivity (Wildman–Crippen MR) is 101 cm³/mol. The van der Waals surface area contributed by atoms with E-state index in [0.29, 0.717) is 5.69 Å². The molecule has 1 aliphatic rings. The highest BCUT2D eigenvalue weighted by Crippen LogP contribution is 2.28. The molecule has 0 atom stereocenters. The number of amides is 1. The molecule has 0 aliphatic heterocycles. The van der Waals surface area contributed by atoms with Crippen LogP contribution >= 0.6 is 0 Å². The highest BCUT2D eigenvalue weighted by molar-refractivity contribution is 5.92.